The molecule has 1 aromatic heterocycles. The van der Waals surface area contributed by atoms with E-state index in [0.29, 0.717) is 5.92 Å². The van der Waals surface area contributed by atoms with E-state index in [9.17, 15) is 5.11 Å². The molecule has 0 unspecified atom stereocenters. The molecule has 0 aromatic carbocycles. The molecule has 1 saturated carbocycles. The van der Waals surface area contributed by atoms with Crippen LogP contribution in [-0.2, 0) is 6.42 Å². The molecule has 1 aromatic rings. The van der Waals surface area contributed by atoms with Gasteiger partial charge in [-0.1, -0.05) is 12.8 Å². The molecule has 2 rings (SSSR count). The average Bonchev–Trinajstić information content (AvgIpc) is 2.61. The van der Waals surface area contributed by atoms with Crippen molar-refractivity contribution in [2.24, 2.45) is 5.92 Å². The maximum atomic E-state index is 9.74. The monoisotopic (exact) mass is 197 g/mol. The molecule has 3 heteroatoms. The van der Waals surface area contributed by atoms with E-state index in [1.807, 2.05) is 11.6 Å². The Morgan fingerprint density at radius 1 is 1.46 bits per heavy atom. The number of aromatic nitrogens is 1. The Morgan fingerprint density at radius 2 is 2.31 bits per heavy atom. The highest BCUT2D eigenvalue weighted by Crippen LogP contribution is 2.27. The van der Waals surface area contributed by atoms with Crippen LogP contribution in [0.25, 0.3) is 0 Å². The Kier molecular flexibility index (Phi) is 2.96. The van der Waals surface area contributed by atoms with Crippen LogP contribution in [0, 0.1) is 5.92 Å². The summed E-state index contributed by atoms with van der Waals surface area (Å²) in [5.41, 5.74) is 0. The zero-order chi connectivity index (χ0) is 9.10. The van der Waals surface area contributed by atoms with Crippen LogP contribution in [0.2, 0.25) is 0 Å². The quantitative estimate of drug-likeness (QED) is 0.788. The van der Waals surface area contributed by atoms with Crippen molar-refractivity contribution in [3.8, 4) is 0 Å². The third-order valence-corrected chi connectivity index (χ3v) is 3.59. The van der Waals surface area contributed by atoms with Crippen LogP contribution in [0.15, 0.2) is 11.6 Å². The molecule has 1 fully saturated rings. The first-order chi connectivity index (χ1) is 6.36. The molecule has 0 spiro atoms. The SMILES string of the molecule is O[C@@H]1CCCC[C@H]1Cc1nccs1. The second kappa shape index (κ2) is 4.20. The molecule has 1 N–H and O–H groups in total. The van der Waals surface area contributed by atoms with Gasteiger partial charge < -0.3 is 5.11 Å². The minimum atomic E-state index is -0.0855. The van der Waals surface area contributed by atoms with Gasteiger partial charge in [0, 0.05) is 18.0 Å². The van der Waals surface area contributed by atoms with Gasteiger partial charge in [0.15, 0.2) is 0 Å². The minimum Gasteiger partial charge on any atom is -0.393 e. The summed E-state index contributed by atoms with van der Waals surface area (Å²) in [6.45, 7) is 0. The van der Waals surface area contributed by atoms with Crippen LogP contribution in [0.1, 0.15) is 30.7 Å². The van der Waals surface area contributed by atoms with E-state index in [0.717, 1.165) is 12.8 Å². The summed E-state index contributed by atoms with van der Waals surface area (Å²) in [6.07, 6.45) is 7.34. The average molecular weight is 197 g/mol. The lowest BCUT2D eigenvalue weighted by atomic mass is 9.84. The van der Waals surface area contributed by atoms with E-state index in [1.165, 1.54) is 24.3 Å². The molecule has 0 bridgehead atoms. The fourth-order valence-electron chi connectivity index (χ4n) is 2.00. The molecule has 1 heterocycles. The van der Waals surface area contributed by atoms with E-state index in [2.05, 4.69) is 4.98 Å². The van der Waals surface area contributed by atoms with Crippen molar-refractivity contribution < 1.29 is 5.11 Å². The first kappa shape index (κ1) is 9.16. The van der Waals surface area contributed by atoms with E-state index in [4.69, 9.17) is 0 Å². The van der Waals surface area contributed by atoms with Crippen LogP contribution in [-0.4, -0.2) is 16.2 Å². The van der Waals surface area contributed by atoms with Gasteiger partial charge in [-0.25, -0.2) is 4.98 Å². The van der Waals surface area contributed by atoms with Crippen LogP contribution >= 0.6 is 11.3 Å². The second-order valence-electron chi connectivity index (χ2n) is 3.74. The summed E-state index contributed by atoms with van der Waals surface area (Å²) in [7, 11) is 0. The lowest BCUT2D eigenvalue weighted by Crippen LogP contribution is -2.26. The third kappa shape index (κ3) is 2.29. The zero-order valence-corrected chi connectivity index (χ0v) is 8.46. The second-order valence-corrected chi connectivity index (χ2v) is 4.72. The van der Waals surface area contributed by atoms with Crippen LogP contribution in [0.4, 0.5) is 0 Å². The van der Waals surface area contributed by atoms with Crippen molar-refractivity contribution in [1.82, 2.24) is 4.98 Å². The van der Waals surface area contributed by atoms with Crippen molar-refractivity contribution in [3.63, 3.8) is 0 Å². The topological polar surface area (TPSA) is 33.1 Å². The molecule has 13 heavy (non-hydrogen) atoms. The van der Waals surface area contributed by atoms with Crippen LogP contribution < -0.4 is 0 Å². The molecule has 0 aliphatic heterocycles. The number of hydrogen-bond donors (Lipinski definition) is 1. The van der Waals surface area contributed by atoms with Gasteiger partial charge in [0.05, 0.1) is 11.1 Å². The molecule has 0 radical (unpaired) electrons. The zero-order valence-electron chi connectivity index (χ0n) is 7.65. The number of nitrogens with zero attached hydrogens (tertiary/aromatic N) is 1. The summed E-state index contributed by atoms with van der Waals surface area (Å²) in [4.78, 5) is 4.25. The number of hydrogen-bond acceptors (Lipinski definition) is 3. The Hall–Kier alpha value is -0.410. The number of thiazole rings is 1. The number of aliphatic hydroxyl groups is 1. The standard InChI is InChI=1S/C10H15NOS/c12-9-4-2-1-3-8(9)7-10-11-5-6-13-10/h5-6,8-9,12H,1-4,7H2/t8-,9+/m0/s1. The maximum Gasteiger partial charge on any atom is 0.0928 e. The summed E-state index contributed by atoms with van der Waals surface area (Å²) >= 11 is 1.70. The summed E-state index contributed by atoms with van der Waals surface area (Å²) < 4.78 is 0. The van der Waals surface area contributed by atoms with Crippen molar-refractivity contribution >= 4 is 11.3 Å². The molecule has 2 nitrogen and oxygen atoms in total. The molecule has 1 aliphatic rings. The van der Waals surface area contributed by atoms with Crippen LogP contribution in [0.5, 0.6) is 0 Å². The van der Waals surface area contributed by atoms with Gasteiger partial charge in [0.1, 0.15) is 0 Å². The summed E-state index contributed by atoms with van der Waals surface area (Å²) in [5.74, 6) is 0.458. The van der Waals surface area contributed by atoms with E-state index >= 15 is 0 Å². The van der Waals surface area contributed by atoms with E-state index in [-0.39, 0.29) is 6.10 Å². The summed E-state index contributed by atoms with van der Waals surface area (Å²) in [5, 5.41) is 12.9. The molecule has 0 saturated heterocycles. The molecule has 0 amide bonds. The highest BCUT2D eigenvalue weighted by atomic mass is 32.1. The maximum absolute atomic E-state index is 9.74. The van der Waals surface area contributed by atoms with E-state index < -0.39 is 0 Å². The van der Waals surface area contributed by atoms with Gasteiger partial charge in [-0.3, -0.25) is 0 Å². The molecule has 1 aliphatic carbocycles. The van der Waals surface area contributed by atoms with Gasteiger partial charge in [-0.15, -0.1) is 11.3 Å². The first-order valence-electron chi connectivity index (χ1n) is 4.92. The van der Waals surface area contributed by atoms with Crippen LogP contribution in [0.3, 0.4) is 0 Å². The highest BCUT2D eigenvalue weighted by Gasteiger charge is 2.23. The van der Waals surface area contributed by atoms with Crippen molar-refractivity contribution in [2.75, 3.05) is 0 Å². The van der Waals surface area contributed by atoms with Gasteiger partial charge in [0.2, 0.25) is 0 Å². The predicted octanol–water partition coefficient (Wildman–Crippen LogP) is 2.24. The Bertz CT molecular complexity index is 247. The fraction of sp³-hybridized carbons (Fsp3) is 0.700. The van der Waals surface area contributed by atoms with Gasteiger partial charge in [0.25, 0.3) is 0 Å². The lowest BCUT2D eigenvalue weighted by Gasteiger charge is -2.26. The number of aliphatic hydroxyl groups excluding tert-OH is 1. The molecular weight excluding hydrogens is 182 g/mol. The Morgan fingerprint density at radius 3 is 3.00 bits per heavy atom. The fourth-order valence-corrected chi connectivity index (χ4v) is 2.72. The molecule has 72 valence electrons. The van der Waals surface area contributed by atoms with Gasteiger partial charge in [-0.05, 0) is 18.8 Å². The van der Waals surface area contributed by atoms with Gasteiger partial charge in [-0.2, -0.15) is 0 Å². The predicted molar refractivity (Wildman–Crippen MR) is 53.8 cm³/mol. The summed E-state index contributed by atoms with van der Waals surface area (Å²) in [6, 6.07) is 0. The highest BCUT2D eigenvalue weighted by molar-refractivity contribution is 7.09. The van der Waals surface area contributed by atoms with Crippen molar-refractivity contribution in [2.45, 2.75) is 38.2 Å². The molecular formula is C10H15NOS. The molecule has 2 atom stereocenters. The lowest BCUT2D eigenvalue weighted by molar-refractivity contribution is 0.0700. The first-order valence-corrected chi connectivity index (χ1v) is 5.80. The van der Waals surface area contributed by atoms with E-state index in [1.54, 1.807) is 11.3 Å². The number of rotatable bonds is 2. The largest absolute Gasteiger partial charge is 0.393 e. The minimum absolute atomic E-state index is 0.0855. The van der Waals surface area contributed by atoms with Gasteiger partial charge >= 0.3 is 0 Å². The van der Waals surface area contributed by atoms with Crippen molar-refractivity contribution in [1.29, 1.82) is 0 Å². The van der Waals surface area contributed by atoms with Crippen molar-refractivity contribution in [3.05, 3.63) is 16.6 Å². The Balaban J connectivity index is 1.93. The normalized spacial score (nSPS) is 29.0. The third-order valence-electron chi connectivity index (χ3n) is 2.79. The Labute approximate surface area is 82.6 Å². The smallest absolute Gasteiger partial charge is 0.0928 e.